The van der Waals surface area contributed by atoms with Gasteiger partial charge >= 0.3 is 6.03 Å². The molecule has 0 saturated heterocycles. The number of anilines is 2. The van der Waals surface area contributed by atoms with E-state index in [-0.39, 0.29) is 23.5 Å². The third-order valence-electron chi connectivity index (χ3n) is 4.87. The Morgan fingerprint density at radius 1 is 1.03 bits per heavy atom. The molecule has 29 heavy (non-hydrogen) atoms. The fraction of sp³-hybridized carbons (Fsp3) is 0.190. The van der Waals surface area contributed by atoms with E-state index in [1.54, 1.807) is 36.2 Å². The van der Waals surface area contributed by atoms with Crippen molar-refractivity contribution in [3.63, 3.8) is 0 Å². The molecule has 7 nitrogen and oxygen atoms in total. The van der Waals surface area contributed by atoms with Crippen LogP contribution in [0.2, 0.25) is 0 Å². The van der Waals surface area contributed by atoms with Gasteiger partial charge in [0, 0.05) is 24.5 Å². The van der Waals surface area contributed by atoms with E-state index in [0.29, 0.717) is 16.9 Å². The zero-order valence-electron chi connectivity index (χ0n) is 16.1. The van der Waals surface area contributed by atoms with E-state index in [9.17, 15) is 13.2 Å². The van der Waals surface area contributed by atoms with E-state index < -0.39 is 9.84 Å². The minimum Gasteiger partial charge on any atom is -0.289 e. The van der Waals surface area contributed by atoms with Crippen LogP contribution < -0.4 is 9.80 Å². The second-order valence-corrected chi connectivity index (χ2v) is 8.84. The van der Waals surface area contributed by atoms with Crippen LogP contribution in [-0.4, -0.2) is 31.5 Å². The van der Waals surface area contributed by atoms with Gasteiger partial charge in [-0.3, -0.25) is 9.80 Å². The van der Waals surface area contributed by atoms with Gasteiger partial charge in [0.15, 0.2) is 0 Å². The maximum absolute atomic E-state index is 12.9. The molecule has 0 unspecified atom stereocenters. The van der Waals surface area contributed by atoms with Gasteiger partial charge < -0.3 is 0 Å². The number of carbonyl (C=O) groups is 1. The summed E-state index contributed by atoms with van der Waals surface area (Å²) in [7, 11) is -2.14. The third-order valence-corrected chi connectivity index (χ3v) is 6.33. The molecular formula is C21H20N4O3S. The van der Waals surface area contributed by atoms with Gasteiger partial charge in [0.25, 0.3) is 0 Å². The number of urea groups is 1. The molecule has 1 aliphatic heterocycles. The summed E-state index contributed by atoms with van der Waals surface area (Å²) in [5, 5.41) is -0.274. The third kappa shape index (κ3) is 3.58. The summed E-state index contributed by atoms with van der Waals surface area (Å²) in [6.07, 6.45) is 1.49. The summed E-state index contributed by atoms with van der Waals surface area (Å²) in [6, 6.07) is 16.2. The first-order valence-corrected chi connectivity index (χ1v) is 10.8. The number of hydrogen-bond acceptors (Lipinski definition) is 5. The molecule has 1 aromatic heterocycles. The molecule has 2 aromatic carbocycles. The standard InChI is InChI=1S/C21H20N4O3S/c1-15-8-6-7-11-18(15)25-13-17-12-22-20(23-19(17)24(2)21(25)26)29(27,28)14-16-9-4-3-5-10-16/h3-12H,13-14H2,1-2H3. The summed E-state index contributed by atoms with van der Waals surface area (Å²) < 4.78 is 25.5. The topological polar surface area (TPSA) is 83.5 Å². The second-order valence-electron chi connectivity index (χ2n) is 6.96. The fourth-order valence-electron chi connectivity index (χ4n) is 3.36. The Kier molecular flexibility index (Phi) is 4.79. The molecule has 0 aliphatic carbocycles. The van der Waals surface area contributed by atoms with Crippen molar-refractivity contribution in [2.45, 2.75) is 24.4 Å². The van der Waals surface area contributed by atoms with Crippen LogP contribution >= 0.6 is 0 Å². The van der Waals surface area contributed by atoms with E-state index in [0.717, 1.165) is 11.3 Å². The Balaban J connectivity index is 1.68. The van der Waals surface area contributed by atoms with Crippen LogP contribution in [0.3, 0.4) is 0 Å². The molecule has 8 heteroatoms. The van der Waals surface area contributed by atoms with E-state index in [2.05, 4.69) is 9.97 Å². The van der Waals surface area contributed by atoms with Gasteiger partial charge in [-0.1, -0.05) is 48.5 Å². The molecule has 0 radical (unpaired) electrons. The molecule has 148 valence electrons. The van der Waals surface area contributed by atoms with Gasteiger partial charge in [-0.15, -0.1) is 0 Å². The molecule has 0 bridgehead atoms. The quantitative estimate of drug-likeness (QED) is 0.618. The molecule has 2 amide bonds. The number of hydrogen-bond donors (Lipinski definition) is 0. The predicted octanol–water partition coefficient (Wildman–Crippen LogP) is 3.34. The van der Waals surface area contributed by atoms with Crippen LogP contribution in [0, 0.1) is 6.92 Å². The average molecular weight is 408 g/mol. The molecule has 1 aliphatic rings. The van der Waals surface area contributed by atoms with Crippen molar-refractivity contribution in [2.24, 2.45) is 0 Å². The number of para-hydroxylation sites is 1. The first-order valence-electron chi connectivity index (χ1n) is 9.10. The summed E-state index contributed by atoms with van der Waals surface area (Å²) in [4.78, 5) is 24.3. The van der Waals surface area contributed by atoms with Gasteiger partial charge in [0.05, 0.1) is 12.3 Å². The largest absolute Gasteiger partial charge is 0.330 e. The van der Waals surface area contributed by atoms with Crippen LogP contribution in [0.1, 0.15) is 16.7 Å². The Labute approximate surface area is 169 Å². The maximum Gasteiger partial charge on any atom is 0.330 e. The first-order chi connectivity index (χ1) is 13.9. The lowest BCUT2D eigenvalue weighted by Gasteiger charge is -2.34. The Morgan fingerprint density at radius 2 is 1.72 bits per heavy atom. The molecule has 0 atom stereocenters. The number of benzene rings is 2. The second kappa shape index (κ2) is 7.29. The number of aromatic nitrogens is 2. The smallest absolute Gasteiger partial charge is 0.289 e. The van der Waals surface area contributed by atoms with Crippen molar-refractivity contribution in [1.29, 1.82) is 0 Å². The summed E-state index contributed by atoms with van der Waals surface area (Å²) >= 11 is 0. The number of nitrogens with zero attached hydrogens (tertiary/aromatic N) is 4. The van der Waals surface area contributed by atoms with Crippen molar-refractivity contribution in [1.82, 2.24) is 9.97 Å². The van der Waals surface area contributed by atoms with Gasteiger partial charge in [0.1, 0.15) is 5.82 Å². The lowest BCUT2D eigenvalue weighted by molar-refractivity contribution is 0.251. The van der Waals surface area contributed by atoms with Crippen molar-refractivity contribution in [3.05, 3.63) is 77.5 Å². The van der Waals surface area contributed by atoms with Crippen molar-refractivity contribution in [2.75, 3.05) is 16.8 Å². The Hall–Kier alpha value is -3.26. The van der Waals surface area contributed by atoms with Crippen LogP contribution in [0.15, 0.2) is 66.0 Å². The molecule has 0 saturated carbocycles. The van der Waals surface area contributed by atoms with Gasteiger partial charge in [-0.05, 0) is 24.1 Å². The van der Waals surface area contributed by atoms with Crippen molar-refractivity contribution in [3.8, 4) is 0 Å². The molecule has 0 fully saturated rings. The Bertz CT molecular complexity index is 1180. The Morgan fingerprint density at radius 3 is 2.45 bits per heavy atom. The van der Waals surface area contributed by atoms with Crippen LogP contribution in [0.5, 0.6) is 0 Å². The number of carbonyl (C=O) groups excluding carboxylic acids is 1. The van der Waals surface area contributed by atoms with E-state index in [1.807, 2.05) is 37.3 Å². The molecular weight excluding hydrogens is 388 g/mol. The maximum atomic E-state index is 12.9. The monoisotopic (exact) mass is 408 g/mol. The predicted molar refractivity (Wildman–Crippen MR) is 111 cm³/mol. The fourth-order valence-corrected chi connectivity index (χ4v) is 4.56. The van der Waals surface area contributed by atoms with E-state index in [1.165, 1.54) is 11.1 Å². The molecule has 0 spiro atoms. The highest BCUT2D eigenvalue weighted by atomic mass is 32.2. The highest BCUT2D eigenvalue weighted by Gasteiger charge is 2.32. The lowest BCUT2D eigenvalue weighted by atomic mass is 10.1. The van der Waals surface area contributed by atoms with E-state index in [4.69, 9.17) is 0 Å². The summed E-state index contributed by atoms with van der Waals surface area (Å²) in [5.41, 5.74) is 3.12. The number of sulfone groups is 1. The van der Waals surface area contributed by atoms with Crippen LogP contribution in [0.4, 0.5) is 16.3 Å². The molecule has 3 aromatic rings. The number of aryl methyl sites for hydroxylation is 1. The normalized spacial score (nSPS) is 14.1. The number of amides is 2. The summed E-state index contributed by atoms with van der Waals surface area (Å²) in [5.74, 6) is 0.126. The van der Waals surface area contributed by atoms with Crippen molar-refractivity contribution >= 4 is 27.4 Å². The molecule has 2 heterocycles. The van der Waals surface area contributed by atoms with Gasteiger partial charge in [-0.2, -0.15) is 0 Å². The minimum atomic E-state index is -3.73. The average Bonchev–Trinajstić information content (AvgIpc) is 2.71. The van der Waals surface area contributed by atoms with Crippen molar-refractivity contribution < 1.29 is 13.2 Å². The lowest BCUT2D eigenvalue weighted by Crippen LogP contribution is -2.46. The zero-order chi connectivity index (χ0) is 20.6. The number of rotatable bonds is 4. The minimum absolute atomic E-state index is 0.195. The highest BCUT2D eigenvalue weighted by molar-refractivity contribution is 7.90. The molecule has 4 rings (SSSR count). The van der Waals surface area contributed by atoms with Gasteiger partial charge in [-0.25, -0.2) is 23.2 Å². The number of fused-ring (bicyclic) bond motifs is 1. The first kappa shape index (κ1) is 19.1. The zero-order valence-corrected chi connectivity index (χ0v) is 16.9. The van der Waals surface area contributed by atoms with Crippen LogP contribution in [-0.2, 0) is 22.1 Å². The van der Waals surface area contributed by atoms with E-state index >= 15 is 0 Å². The van der Waals surface area contributed by atoms with Crippen LogP contribution in [0.25, 0.3) is 0 Å². The highest BCUT2D eigenvalue weighted by Crippen LogP contribution is 2.31. The molecule has 0 N–H and O–H groups in total. The summed E-state index contributed by atoms with van der Waals surface area (Å²) in [6.45, 7) is 2.22. The SMILES string of the molecule is Cc1ccccc1N1Cc2cnc(S(=O)(=O)Cc3ccccc3)nc2N(C)C1=O. The van der Waals surface area contributed by atoms with Gasteiger partial charge in [0.2, 0.25) is 15.0 Å².